The van der Waals surface area contributed by atoms with Crippen molar-refractivity contribution >= 4 is 17.5 Å². The minimum Gasteiger partial charge on any atom is -0.395 e. The highest BCUT2D eigenvalue weighted by Gasteiger charge is 2.57. The Bertz CT molecular complexity index is 660. The van der Waals surface area contributed by atoms with Gasteiger partial charge in [0.2, 0.25) is 0 Å². The molecule has 2 aliphatic heterocycles. The number of likely N-dealkylation sites (N-methyl/N-ethyl adjacent to an activating group) is 1. The van der Waals surface area contributed by atoms with Crippen molar-refractivity contribution in [1.82, 2.24) is 15.0 Å². The fraction of sp³-hybridized carbons (Fsp3) is 0.571. The summed E-state index contributed by atoms with van der Waals surface area (Å²) in [5.41, 5.74) is 0.415. The Hall–Kier alpha value is -2.22. The maximum atomic E-state index is 11.5. The van der Waals surface area contributed by atoms with Crippen molar-refractivity contribution in [2.75, 3.05) is 13.6 Å². The van der Waals surface area contributed by atoms with E-state index in [1.54, 1.807) is 11.9 Å². The first kappa shape index (κ1) is 13.4. The van der Waals surface area contributed by atoms with Crippen LogP contribution in [0.5, 0.6) is 0 Å². The van der Waals surface area contributed by atoms with E-state index in [4.69, 9.17) is 14.0 Å². The molecule has 1 spiro atoms. The van der Waals surface area contributed by atoms with Crippen LogP contribution in [0.1, 0.15) is 43.3 Å². The average molecular weight is 305 g/mol. The van der Waals surface area contributed by atoms with Gasteiger partial charge >= 0.3 is 17.8 Å². The predicted molar refractivity (Wildman–Crippen MR) is 71.0 cm³/mol. The van der Waals surface area contributed by atoms with Crippen molar-refractivity contribution in [1.29, 1.82) is 0 Å². The van der Waals surface area contributed by atoms with E-state index in [0.29, 0.717) is 30.3 Å². The van der Waals surface area contributed by atoms with Crippen molar-refractivity contribution in [3.05, 3.63) is 17.8 Å². The van der Waals surface area contributed by atoms with E-state index in [9.17, 15) is 9.59 Å². The molecule has 3 heterocycles. The number of carbonyl (C=O) groups excluding carboxylic acids is 2. The lowest BCUT2D eigenvalue weighted by molar-refractivity contribution is -0.210. The molecule has 3 aliphatic rings. The molecule has 1 aromatic rings. The Morgan fingerprint density at radius 2 is 2.00 bits per heavy atom. The first-order valence-electron chi connectivity index (χ1n) is 7.32. The van der Waals surface area contributed by atoms with E-state index >= 15 is 0 Å². The second-order valence-electron chi connectivity index (χ2n) is 5.77. The van der Waals surface area contributed by atoms with Crippen LogP contribution in [0.25, 0.3) is 5.57 Å². The number of carbonyl (C=O) groups is 2. The molecule has 8 heteroatoms. The first-order chi connectivity index (χ1) is 10.6. The smallest absolute Gasteiger partial charge is 0.395 e. The van der Waals surface area contributed by atoms with Gasteiger partial charge in [-0.25, -0.2) is 14.5 Å². The van der Waals surface area contributed by atoms with Crippen LogP contribution < -0.4 is 0 Å². The van der Waals surface area contributed by atoms with Crippen LogP contribution in [0.3, 0.4) is 0 Å². The van der Waals surface area contributed by atoms with Crippen molar-refractivity contribution in [2.24, 2.45) is 0 Å². The Labute approximate surface area is 126 Å². The normalized spacial score (nSPS) is 24.9. The number of hydrogen-bond donors (Lipinski definition) is 0. The fourth-order valence-electron chi connectivity index (χ4n) is 2.90. The third-order valence-corrected chi connectivity index (χ3v) is 4.43. The number of esters is 2. The molecule has 0 aromatic carbocycles. The fourth-order valence-corrected chi connectivity index (χ4v) is 2.90. The van der Waals surface area contributed by atoms with Crippen molar-refractivity contribution in [3.63, 3.8) is 0 Å². The summed E-state index contributed by atoms with van der Waals surface area (Å²) >= 11 is 0. The number of ether oxygens (including phenoxy) is 2. The highest BCUT2D eigenvalue weighted by atomic mass is 16.8. The van der Waals surface area contributed by atoms with E-state index in [0.717, 1.165) is 12.8 Å². The summed E-state index contributed by atoms with van der Waals surface area (Å²) in [4.78, 5) is 29.1. The largest absolute Gasteiger partial charge is 0.422 e. The van der Waals surface area contributed by atoms with E-state index in [2.05, 4.69) is 10.1 Å². The molecular weight excluding hydrogens is 290 g/mol. The molecule has 0 amide bonds. The van der Waals surface area contributed by atoms with Gasteiger partial charge in [0.25, 0.3) is 5.89 Å². The van der Waals surface area contributed by atoms with Crippen LogP contribution in [-0.4, -0.2) is 46.5 Å². The van der Waals surface area contributed by atoms with E-state index in [1.807, 2.05) is 6.08 Å². The van der Waals surface area contributed by atoms with Crippen molar-refractivity contribution in [3.8, 4) is 0 Å². The summed E-state index contributed by atoms with van der Waals surface area (Å²) < 4.78 is 15.7. The first-order valence-corrected chi connectivity index (χ1v) is 7.32. The van der Waals surface area contributed by atoms with Gasteiger partial charge in [-0.3, -0.25) is 0 Å². The summed E-state index contributed by atoms with van der Waals surface area (Å²) in [6, 6.07) is 0. The number of rotatable bonds is 2. The number of aromatic nitrogens is 2. The molecule has 1 aromatic heterocycles. The molecule has 1 saturated heterocycles. The maximum Gasteiger partial charge on any atom is 0.422 e. The quantitative estimate of drug-likeness (QED) is 0.585. The van der Waals surface area contributed by atoms with Crippen LogP contribution >= 0.6 is 0 Å². The molecule has 2 fully saturated rings. The van der Waals surface area contributed by atoms with E-state index in [1.165, 1.54) is 6.42 Å². The molecule has 0 unspecified atom stereocenters. The van der Waals surface area contributed by atoms with Gasteiger partial charge < -0.3 is 14.0 Å². The molecule has 1 saturated carbocycles. The highest BCUT2D eigenvalue weighted by molar-refractivity contribution is 6.31. The van der Waals surface area contributed by atoms with Crippen LogP contribution in [0.2, 0.25) is 0 Å². The maximum absolute atomic E-state index is 11.5. The summed E-state index contributed by atoms with van der Waals surface area (Å²) in [6.45, 7) is 0.577. The lowest BCUT2D eigenvalue weighted by Gasteiger charge is -2.37. The van der Waals surface area contributed by atoms with Gasteiger partial charge in [0.1, 0.15) is 5.57 Å². The van der Waals surface area contributed by atoms with Crippen LogP contribution in [0.4, 0.5) is 0 Å². The zero-order valence-corrected chi connectivity index (χ0v) is 12.1. The topological polar surface area (TPSA) is 94.8 Å². The van der Waals surface area contributed by atoms with Crippen LogP contribution in [0.15, 0.2) is 10.6 Å². The Kier molecular flexibility index (Phi) is 2.83. The third kappa shape index (κ3) is 1.80. The molecule has 22 heavy (non-hydrogen) atoms. The second-order valence-corrected chi connectivity index (χ2v) is 5.77. The Balaban J connectivity index is 1.72. The molecule has 0 bridgehead atoms. The minimum absolute atomic E-state index is 0.232. The molecule has 116 valence electrons. The summed E-state index contributed by atoms with van der Waals surface area (Å²) in [7, 11) is 1.71. The average Bonchev–Trinajstić information content (AvgIpc) is 2.99. The lowest BCUT2D eigenvalue weighted by Crippen LogP contribution is -2.51. The van der Waals surface area contributed by atoms with Gasteiger partial charge in [-0.2, -0.15) is 4.98 Å². The zero-order valence-electron chi connectivity index (χ0n) is 12.1. The second kappa shape index (κ2) is 4.64. The molecule has 4 rings (SSSR count). The standard InChI is InChI=1S/C14H15N3O5/c1-17-7-3-6-9(14(17)20-12(18)13(19)21-14)11-15-10(16-22-11)8-4-2-5-8/h6,8H,2-5,7H2,1H3. The van der Waals surface area contributed by atoms with Crippen molar-refractivity contribution in [2.45, 2.75) is 37.5 Å². The van der Waals surface area contributed by atoms with Gasteiger partial charge in [-0.15, -0.1) is 0 Å². The van der Waals surface area contributed by atoms with E-state index < -0.39 is 17.8 Å². The van der Waals surface area contributed by atoms with Crippen LogP contribution in [0, 0.1) is 0 Å². The molecular formula is C14H15N3O5. The predicted octanol–water partition coefficient (Wildman–Crippen LogP) is 0.810. The van der Waals surface area contributed by atoms with Gasteiger partial charge in [0.05, 0.1) is 0 Å². The lowest BCUT2D eigenvalue weighted by atomic mass is 9.85. The third-order valence-electron chi connectivity index (χ3n) is 4.43. The van der Waals surface area contributed by atoms with Crippen LogP contribution in [-0.2, 0) is 19.1 Å². The van der Waals surface area contributed by atoms with Gasteiger partial charge in [0, 0.05) is 12.5 Å². The zero-order chi connectivity index (χ0) is 15.3. The summed E-state index contributed by atoms with van der Waals surface area (Å²) in [5.74, 6) is -2.41. The summed E-state index contributed by atoms with van der Waals surface area (Å²) in [6.07, 6.45) is 5.77. The van der Waals surface area contributed by atoms with Gasteiger partial charge in [-0.05, 0) is 26.3 Å². The SMILES string of the molecule is CN1CCC=C(c2nc(C3CCC3)no2)C12OC(=O)C(=O)O2. The minimum atomic E-state index is -1.59. The number of nitrogens with zero attached hydrogens (tertiary/aromatic N) is 3. The van der Waals surface area contributed by atoms with Crippen molar-refractivity contribution < 1.29 is 23.6 Å². The molecule has 0 N–H and O–H groups in total. The molecule has 8 nitrogen and oxygen atoms in total. The van der Waals surface area contributed by atoms with E-state index in [-0.39, 0.29) is 5.89 Å². The molecule has 1 aliphatic carbocycles. The molecule has 0 radical (unpaired) electrons. The highest BCUT2D eigenvalue weighted by Crippen LogP contribution is 2.41. The summed E-state index contributed by atoms with van der Waals surface area (Å²) in [5, 5.41) is 4.00. The van der Waals surface area contributed by atoms with Gasteiger partial charge in [-0.1, -0.05) is 17.7 Å². The monoisotopic (exact) mass is 305 g/mol. The Morgan fingerprint density at radius 3 is 2.64 bits per heavy atom. The molecule has 0 atom stereocenters. The Morgan fingerprint density at radius 1 is 1.27 bits per heavy atom. The number of hydrogen-bond acceptors (Lipinski definition) is 8. The van der Waals surface area contributed by atoms with Gasteiger partial charge in [0.15, 0.2) is 5.82 Å².